The normalized spacial score (nSPS) is 13.9. The van der Waals surface area contributed by atoms with Crippen LogP contribution in [0.15, 0.2) is 97.1 Å². The fourth-order valence-electron chi connectivity index (χ4n) is 8.14. The Kier molecular flexibility index (Phi) is 7.87. The third-order valence-corrected chi connectivity index (χ3v) is 10.4. The summed E-state index contributed by atoms with van der Waals surface area (Å²) in [7, 11) is 0. The van der Waals surface area contributed by atoms with Crippen LogP contribution >= 0.6 is 0 Å². The van der Waals surface area contributed by atoms with E-state index in [1.165, 1.54) is 16.6 Å². The Labute approximate surface area is 298 Å². The van der Waals surface area contributed by atoms with Crippen LogP contribution in [0.2, 0.25) is 0 Å². The summed E-state index contributed by atoms with van der Waals surface area (Å²) >= 11 is 0. The lowest BCUT2D eigenvalue weighted by Gasteiger charge is -2.23. The molecule has 6 aromatic rings. The van der Waals surface area contributed by atoms with Crippen molar-refractivity contribution in [1.82, 2.24) is 9.13 Å². The van der Waals surface area contributed by atoms with E-state index < -0.39 is 0 Å². The first-order valence-corrected chi connectivity index (χ1v) is 17.4. The SMILES string of the molecule is C/C=C\c1c(C)c2ccccc2n1C1=C(c2cc(C)c(C#N)c(-c3ccc(-n4c5c(c6cc(C#N)ccc64)C=CCC5)cc3)c2C#N)C=CCC1. The van der Waals surface area contributed by atoms with Gasteiger partial charge in [0.15, 0.2) is 0 Å². The Bertz CT molecular complexity index is 2680. The van der Waals surface area contributed by atoms with Gasteiger partial charge in [-0.1, -0.05) is 60.7 Å². The Morgan fingerprint density at radius 1 is 0.725 bits per heavy atom. The maximum absolute atomic E-state index is 10.9. The van der Waals surface area contributed by atoms with Gasteiger partial charge in [0, 0.05) is 55.8 Å². The molecule has 0 amide bonds. The van der Waals surface area contributed by atoms with Crippen LogP contribution in [-0.2, 0) is 6.42 Å². The third-order valence-electron chi connectivity index (χ3n) is 10.4. The number of aryl methyl sites for hydroxylation is 2. The molecule has 0 saturated heterocycles. The molecule has 4 aromatic carbocycles. The monoisotopic (exact) mass is 657 g/mol. The largest absolute Gasteiger partial charge is 0.313 e. The number of allylic oxidation sites excluding steroid dienone is 6. The maximum Gasteiger partial charge on any atom is 0.100 e. The van der Waals surface area contributed by atoms with Gasteiger partial charge in [0.2, 0.25) is 0 Å². The average molecular weight is 658 g/mol. The predicted octanol–water partition coefficient (Wildman–Crippen LogP) is 11.2. The van der Waals surface area contributed by atoms with Crippen LogP contribution in [0.5, 0.6) is 0 Å². The molecule has 8 rings (SSSR count). The number of nitrogens with zero attached hydrogens (tertiary/aromatic N) is 5. The minimum atomic E-state index is 0.502. The molecule has 0 atom stereocenters. The van der Waals surface area contributed by atoms with E-state index in [9.17, 15) is 15.8 Å². The van der Waals surface area contributed by atoms with E-state index >= 15 is 0 Å². The van der Waals surface area contributed by atoms with Crippen LogP contribution in [-0.4, -0.2) is 9.13 Å². The van der Waals surface area contributed by atoms with Gasteiger partial charge in [0.25, 0.3) is 0 Å². The molecular weight excluding hydrogens is 623 g/mol. The Morgan fingerprint density at radius 3 is 2.24 bits per heavy atom. The van der Waals surface area contributed by atoms with Crippen molar-refractivity contribution in [1.29, 1.82) is 15.8 Å². The molecule has 2 aliphatic carbocycles. The number of para-hydroxylation sites is 1. The fourth-order valence-corrected chi connectivity index (χ4v) is 8.14. The molecule has 5 heteroatoms. The molecule has 2 heterocycles. The van der Waals surface area contributed by atoms with Crippen molar-refractivity contribution in [2.24, 2.45) is 0 Å². The molecule has 0 bridgehead atoms. The van der Waals surface area contributed by atoms with Crippen molar-refractivity contribution in [3.63, 3.8) is 0 Å². The maximum atomic E-state index is 10.9. The van der Waals surface area contributed by atoms with Crippen LogP contribution in [0.25, 0.3) is 62.0 Å². The molecule has 51 heavy (non-hydrogen) atoms. The van der Waals surface area contributed by atoms with Gasteiger partial charge in [-0.05, 0) is 112 Å². The standard InChI is InChI=1S/C46H35N5/c1-4-11-41-30(3)34-12-5-8-15-42(34)51(41)44-17-10-6-13-35(44)37-24-29(2)39(27-48)46(40(37)28-49)32-19-21-33(22-20-32)50-43-16-9-7-14-36(43)38-25-31(26-47)18-23-45(38)50/h4-8,11-15,18-25H,9-10,16-17H2,1-3H3/b11-4-. The van der Waals surface area contributed by atoms with Crippen molar-refractivity contribution in [2.75, 3.05) is 0 Å². The van der Waals surface area contributed by atoms with Gasteiger partial charge in [0.05, 0.1) is 33.8 Å². The zero-order valence-corrected chi connectivity index (χ0v) is 29.0. The van der Waals surface area contributed by atoms with Gasteiger partial charge in [-0.2, -0.15) is 15.8 Å². The molecule has 5 nitrogen and oxygen atoms in total. The molecule has 244 valence electrons. The molecule has 0 aliphatic heterocycles. The smallest absolute Gasteiger partial charge is 0.100 e. The summed E-state index contributed by atoms with van der Waals surface area (Å²) in [5.41, 5.74) is 14.9. The van der Waals surface area contributed by atoms with Crippen molar-refractivity contribution < 1.29 is 0 Å². The molecule has 0 fully saturated rings. The second kappa shape index (κ2) is 12.7. The second-order valence-electron chi connectivity index (χ2n) is 13.3. The zero-order chi connectivity index (χ0) is 35.2. The molecule has 0 N–H and O–H groups in total. The highest BCUT2D eigenvalue weighted by Crippen LogP contribution is 2.42. The highest BCUT2D eigenvalue weighted by atomic mass is 15.0. The number of hydrogen-bond acceptors (Lipinski definition) is 3. The van der Waals surface area contributed by atoms with Crippen LogP contribution in [0.4, 0.5) is 0 Å². The van der Waals surface area contributed by atoms with Crippen molar-refractivity contribution in [3.05, 3.63) is 147 Å². The highest BCUT2D eigenvalue weighted by molar-refractivity contribution is 6.01. The van der Waals surface area contributed by atoms with Gasteiger partial charge >= 0.3 is 0 Å². The highest BCUT2D eigenvalue weighted by Gasteiger charge is 2.25. The van der Waals surface area contributed by atoms with Crippen LogP contribution < -0.4 is 0 Å². The lowest BCUT2D eigenvalue weighted by molar-refractivity contribution is 0.888. The van der Waals surface area contributed by atoms with Gasteiger partial charge in [0.1, 0.15) is 12.1 Å². The summed E-state index contributed by atoms with van der Waals surface area (Å²) in [6.45, 7) is 6.19. The lowest BCUT2D eigenvalue weighted by Crippen LogP contribution is -2.08. The first-order valence-electron chi connectivity index (χ1n) is 17.4. The summed E-state index contributed by atoms with van der Waals surface area (Å²) in [4.78, 5) is 0. The van der Waals surface area contributed by atoms with E-state index in [4.69, 9.17) is 0 Å². The zero-order valence-electron chi connectivity index (χ0n) is 29.0. The minimum Gasteiger partial charge on any atom is -0.313 e. The second-order valence-corrected chi connectivity index (χ2v) is 13.3. The molecule has 0 unspecified atom stereocenters. The Balaban J connectivity index is 1.33. The molecule has 0 radical (unpaired) electrons. The molecule has 2 aliphatic rings. The Hall–Kier alpha value is -6.61. The topological polar surface area (TPSA) is 81.2 Å². The summed E-state index contributed by atoms with van der Waals surface area (Å²) in [5.74, 6) is 0. The van der Waals surface area contributed by atoms with E-state index in [-0.39, 0.29) is 0 Å². The number of hydrogen-bond donors (Lipinski definition) is 0. The molecular formula is C46H35N5. The van der Waals surface area contributed by atoms with Crippen LogP contribution in [0, 0.1) is 47.8 Å². The van der Waals surface area contributed by atoms with E-state index in [1.54, 1.807) is 0 Å². The average Bonchev–Trinajstić information content (AvgIpc) is 3.65. The first kappa shape index (κ1) is 31.6. The van der Waals surface area contributed by atoms with Gasteiger partial charge in [-0.3, -0.25) is 0 Å². The summed E-state index contributed by atoms with van der Waals surface area (Å²) < 4.78 is 4.65. The Morgan fingerprint density at radius 2 is 1.47 bits per heavy atom. The van der Waals surface area contributed by atoms with E-state index in [0.717, 1.165) is 87.0 Å². The summed E-state index contributed by atoms with van der Waals surface area (Å²) in [5, 5.41) is 33.3. The summed E-state index contributed by atoms with van der Waals surface area (Å²) in [6, 6.07) is 31.9. The minimum absolute atomic E-state index is 0.502. The number of aromatic nitrogens is 2. The van der Waals surface area contributed by atoms with Crippen molar-refractivity contribution >= 4 is 45.2 Å². The van der Waals surface area contributed by atoms with Crippen molar-refractivity contribution in [3.8, 4) is 35.0 Å². The van der Waals surface area contributed by atoms with Gasteiger partial charge in [-0.25, -0.2) is 0 Å². The van der Waals surface area contributed by atoms with Gasteiger partial charge < -0.3 is 9.13 Å². The third kappa shape index (κ3) is 4.96. The van der Waals surface area contributed by atoms with E-state index in [1.807, 2.05) is 50.2 Å². The van der Waals surface area contributed by atoms with Crippen LogP contribution in [0.3, 0.4) is 0 Å². The van der Waals surface area contributed by atoms with E-state index in [0.29, 0.717) is 22.3 Å². The molecule has 0 saturated carbocycles. The number of nitriles is 3. The lowest BCUT2D eigenvalue weighted by atomic mass is 9.84. The van der Waals surface area contributed by atoms with Crippen molar-refractivity contribution in [2.45, 2.75) is 46.5 Å². The van der Waals surface area contributed by atoms with E-state index in [2.05, 4.69) is 107 Å². The number of rotatable bonds is 5. The predicted molar refractivity (Wildman–Crippen MR) is 208 cm³/mol. The first-order chi connectivity index (χ1) is 25.0. The summed E-state index contributed by atoms with van der Waals surface area (Å²) in [6.07, 6.45) is 16.5. The molecule has 2 aromatic heterocycles. The van der Waals surface area contributed by atoms with Crippen LogP contribution in [0.1, 0.15) is 76.5 Å². The van der Waals surface area contributed by atoms with Gasteiger partial charge in [-0.15, -0.1) is 0 Å². The quantitative estimate of drug-likeness (QED) is 0.185. The molecule has 0 spiro atoms. The number of benzene rings is 4. The fraction of sp³-hybridized carbons (Fsp3) is 0.152. The number of fused-ring (bicyclic) bond motifs is 4.